The summed E-state index contributed by atoms with van der Waals surface area (Å²) < 4.78 is 13.2. The lowest BCUT2D eigenvalue weighted by atomic mass is 9.99. The Morgan fingerprint density at radius 3 is 2.74 bits per heavy atom. The van der Waals surface area contributed by atoms with Crippen LogP contribution in [0, 0.1) is 5.82 Å². The molecule has 0 unspecified atom stereocenters. The number of rotatable bonds is 4. The summed E-state index contributed by atoms with van der Waals surface area (Å²) in [5.41, 5.74) is -0.00392. The van der Waals surface area contributed by atoms with Gasteiger partial charge in [-0.2, -0.15) is 0 Å². The number of allylic oxidation sites excluding steroid dienone is 2. The highest BCUT2D eigenvalue weighted by Gasteiger charge is 2.14. The van der Waals surface area contributed by atoms with E-state index < -0.39 is 17.0 Å². The maximum Gasteiger partial charge on any atom is 0.259 e. The summed E-state index contributed by atoms with van der Waals surface area (Å²) in [6, 6.07) is 3.80. The van der Waals surface area contributed by atoms with Gasteiger partial charge in [0.25, 0.3) is 5.56 Å². The third-order valence-electron chi connectivity index (χ3n) is 3.54. The molecule has 0 radical (unpaired) electrons. The van der Waals surface area contributed by atoms with Crippen molar-refractivity contribution in [1.29, 1.82) is 0 Å². The largest absolute Gasteiger partial charge is 0.386 e. The van der Waals surface area contributed by atoms with E-state index in [9.17, 15) is 14.3 Å². The second kappa shape index (κ2) is 6.26. The van der Waals surface area contributed by atoms with Crippen LogP contribution in [0.15, 0.2) is 45.7 Å². The smallest absolute Gasteiger partial charge is 0.259 e. The molecule has 0 aliphatic heterocycles. The van der Waals surface area contributed by atoms with E-state index in [2.05, 4.69) is 21.7 Å². The van der Waals surface area contributed by atoms with Crippen LogP contribution in [-0.4, -0.2) is 27.4 Å². The number of halogens is 1. The molecule has 2 aromatic rings. The molecule has 23 heavy (non-hydrogen) atoms. The first-order valence-electron chi connectivity index (χ1n) is 7.00. The van der Waals surface area contributed by atoms with Crippen LogP contribution in [0.2, 0.25) is 0 Å². The summed E-state index contributed by atoms with van der Waals surface area (Å²) in [5.74, 6) is -0.275. The number of hydrogen-bond donors (Lipinski definition) is 2. The van der Waals surface area contributed by atoms with E-state index in [4.69, 9.17) is 0 Å². The minimum atomic E-state index is -0.968. The summed E-state index contributed by atoms with van der Waals surface area (Å²) in [7, 11) is 0. The van der Waals surface area contributed by atoms with Crippen molar-refractivity contribution in [2.45, 2.75) is 26.4 Å². The summed E-state index contributed by atoms with van der Waals surface area (Å²) in [4.78, 5) is 22.8. The van der Waals surface area contributed by atoms with Gasteiger partial charge in [0, 0.05) is 0 Å². The van der Waals surface area contributed by atoms with Gasteiger partial charge in [-0.3, -0.25) is 9.79 Å². The van der Waals surface area contributed by atoms with Crippen LogP contribution in [0.1, 0.15) is 26.6 Å². The third-order valence-corrected chi connectivity index (χ3v) is 3.54. The third kappa shape index (κ3) is 3.78. The second-order valence-electron chi connectivity index (χ2n) is 5.69. The van der Waals surface area contributed by atoms with Crippen molar-refractivity contribution in [1.82, 2.24) is 9.97 Å². The van der Waals surface area contributed by atoms with Gasteiger partial charge < -0.3 is 10.1 Å². The number of benzene rings is 1. The van der Waals surface area contributed by atoms with Crippen LogP contribution >= 0.6 is 0 Å². The average molecular weight is 315 g/mol. The van der Waals surface area contributed by atoms with Gasteiger partial charge in [-0.25, -0.2) is 9.37 Å². The number of aromatic amines is 1. The predicted octanol–water partition coefficient (Wildman–Crippen LogP) is 2.82. The monoisotopic (exact) mass is 315 g/mol. The molecule has 0 spiro atoms. The molecule has 2 rings (SSSR count). The van der Waals surface area contributed by atoms with Crippen molar-refractivity contribution in [3.8, 4) is 0 Å². The summed E-state index contributed by atoms with van der Waals surface area (Å²) in [6.45, 7) is 8.57. The Morgan fingerprint density at radius 2 is 2.13 bits per heavy atom. The fourth-order valence-corrected chi connectivity index (χ4v) is 1.85. The van der Waals surface area contributed by atoms with Crippen LogP contribution in [0.25, 0.3) is 16.6 Å². The molecule has 0 aliphatic rings. The van der Waals surface area contributed by atoms with Crippen LogP contribution in [0.4, 0.5) is 4.39 Å². The molecular formula is C17H18FN3O2. The number of H-pyrrole nitrogens is 1. The number of aliphatic imine (C=N–C) groups is 1. The number of fused-ring (bicyclic) bond motifs is 1. The highest BCUT2D eigenvalue weighted by Crippen LogP contribution is 2.18. The lowest BCUT2D eigenvalue weighted by Crippen LogP contribution is -2.19. The van der Waals surface area contributed by atoms with Crippen molar-refractivity contribution >= 4 is 23.3 Å². The van der Waals surface area contributed by atoms with Gasteiger partial charge in [-0.15, -0.1) is 0 Å². The van der Waals surface area contributed by atoms with Crippen molar-refractivity contribution < 1.29 is 9.50 Å². The number of hydrogen-bond acceptors (Lipinski definition) is 4. The molecule has 0 amide bonds. The van der Waals surface area contributed by atoms with E-state index in [-0.39, 0.29) is 11.2 Å². The highest BCUT2D eigenvalue weighted by atomic mass is 19.1. The molecule has 1 heterocycles. The van der Waals surface area contributed by atoms with E-state index in [1.54, 1.807) is 32.9 Å². The van der Waals surface area contributed by atoms with E-state index in [0.717, 1.165) is 6.07 Å². The van der Waals surface area contributed by atoms with E-state index in [1.807, 2.05) is 0 Å². The van der Waals surface area contributed by atoms with Gasteiger partial charge in [-0.05, 0) is 57.3 Å². The molecule has 0 atom stereocenters. The van der Waals surface area contributed by atoms with Gasteiger partial charge in [0.2, 0.25) is 0 Å². The maximum absolute atomic E-state index is 13.2. The Labute approximate surface area is 132 Å². The first-order valence-corrected chi connectivity index (χ1v) is 7.00. The Morgan fingerprint density at radius 1 is 1.43 bits per heavy atom. The first kappa shape index (κ1) is 16.8. The SMILES string of the molecule is C=N/C(=C\C=C(/C)C(C)(C)O)c1nc2ccc(F)cc2c(=O)[nH]1. The van der Waals surface area contributed by atoms with Crippen molar-refractivity contribution in [3.05, 3.63) is 57.9 Å². The minimum Gasteiger partial charge on any atom is -0.386 e. The van der Waals surface area contributed by atoms with Crippen molar-refractivity contribution in [2.24, 2.45) is 4.99 Å². The number of nitrogens with zero attached hydrogens (tertiary/aromatic N) is 2. The molecule has 1 aromatic carbocycles. The van der Waals surface area contributed by atoms with Gasteiger partial charge in [-0.1, -0.05) is 6.08 Å². The Hall–Kier alpha value is -2.60. The van der Waals surface area contributed by atoms with Gasteiger partial charge >= 0.3 is 0 Å². The maximum atomic E-state index is 13.2. The lowest BCUT2D eigenvalue weighted by Gasteiger charge is -2.17. The average Bonchev–Trinajstić information content (AvgIpc) is 2.47. The zero-order chi connectivity index (χ0) is 17.2. The topological polar surface area (TPSA) is 78.3 Å². The fourth-order valence-electron chi connectivity index (χ4n) is 1.85. The van der Waals surface area contributed by atoms with Crippen molar-refractivity contribution in [3.63, 3.8) is 0 Å². The zero-order valence-electron chi connectivity index (χ0n) is 13.2. The quantitative estimate of drug-likeness (QED) is 0.672. The minimum absolute atomic E-state index is 0.167. The van der Waals surface area contributed by atoms with Crippen LogP contribution < -0.4 is 5.56 Å². The molecule has 0 saturated heterocycles. The van der Waals surface area contributed by atoms with Crippen molar-refractivity contribution in [2.75, 3.05) is 0 Å². The molecule has 0 bridgehead atoms. The molecule has 5 nitrogen and oxygen atoms in total. The lowest BCUT2D eigenvalue weighted by molar-refractivity contribution is 0.120. The van der Waals surface area contributed by atoms with Gasteiger partial charge in [0.05, 0.1) is 16.5 Å². The van der Waals surface area contributed by atoms with Crippen LogP contribution in [-0.2, 0) is 0 Å². The fraction of sp³-hybridized carbons (Fsp3) is 0.235. The molecule has 0 saturated carbocycles. The second-order valence-corrected chi connectivity index (χ2v) is 5.69. The van der Waals surface area contributed by atoms with E-state index in [1.165, 1.54) is 12.1 Å². The molecule has 0 fully saturated rings. The Kier molecular flexibility index (Phi) is 4.56. The van der Waals surface area contributed by atoms with E-state index >= 15 is 0 Å². The molecule has 120 valence electrons. The normalized spacial score (nSPS) is 13.4. The molecule has 1 aromatic heterocycles. The van der Waals surface area contributed by atoms with Crippen LogP contribution in [0.3, 0.4) is 0 Å². The molecule has 0 aliphatic carbocycles. The van der Waals surface area contributed by atoms with Crippen LogP contribution in [0.5, 0.6) is 0 Å². The first-order chi connectivity index (χ1) is 10.7. The van der Waals surface area contributed by atoms with E-state index in [0.29, 0.717) is 16.8 Å². The number of aromatic nitrogens is 2. The zero-order valence-corrected chi connectivity index (χ0v) is 13.2. The Balaban J connectivity index is 2.55. The highest BCUT2D eigenvalue weighted by molar-refractivity contribution is 5.79. The number of aliphatic hydroxyl groups is 1. The molecule has 2 N–H and O–H groups in total. The molecule has 6 heteroatoms. The summed E-state index contributed by atoms with van der Waals surface area (Å²) in [6.07, 6.45) is 3.28. The summed E-state index contributed by atoms with van der Waals surface area (Å²) in [5, 5.41) is 10.1. The standard InChI is InChI=1S/C17H18FN3O2/c1-10(17(2,3)23)5-7-14(19-4)15-20-13-8-6-11(18)9-12(13)16(22)21-15/h5-9,23H,4H2,1-3H3,(H,20,21,22)/b10-5+,14-7-. The number of nitrogens with one attached hydrogen (secondary N) is 1. The summed E-state index contributed by atoms with van der Waals surface area (Å²) >= 11 is 0. The Bertz CT molecular complexity index is 874. The van der Waals surface area contributed by atoms with Gasteiger partial charge in [0.15, 0.2) is 5.82 Å². The predicted molar refractivity (Wildman–Crippen MR) is 89.9 cm³/mol. The molecular weight excluding hydrogens is 297 g/mol. The van der Waals surface area contributed by atoms with Gasteiger partial charge in [0.1, 0.15) is 11.5 Å².